The van der Waals surface area contributed by atoms with E-state index in [1.807, 2.05) is 11.6 Å². The predicted molar refractivity (Wildman–Crippen MR) is 52.5 cm³/mol. The van der Waals surface area contributed by atoms with Crippen LogP contribution in [0.2, 0.25) is 0 Å². The number of carbonyl (C=O) groups is 1. The van der Waals surface area contributed by atoms with Crippen molar-refractivity contribution < 1.29 is 14.6 Å². The lowest BCUT2D eigenvalue weighted by Crippen LogP contribution is -2.10. The first-order valence-electron chi connectivity index (χ1n) is 5.02. The van der Waals surface area contributed by atoms with Crippen molar-refractivity contribution in [1.82, 2.24) is 9.55 Å². The van der Waals surface area contributed by atoms with E-state index in [1.165, 1.54) is 0 Å². The highest BCUT2D eigenvalue weighted by atomic mass is 16.5. The molecule has 0 aromatic carbocycles. The Morgan fingerprint density at radius 1 is 1.80 bits per heavy atom. The first-order valence-corrected chi connectivity index (χ1v) is 5.02. The number of rotatable bonds is 3. The minimum absolute atomic E-state index is 0.0385. The van der Waals surface area contributed by atoms with E-state index >= 15 is 0 Å². The summed E-state index contributed by atoms with van der Waals surface area (Å²) >= 11 is 0. The molecule has 5 nitrogen and oxygen atoms in total. The summed E-state index contributed by atoms with van der Waals surface area (Å²) in [6.07, 6.45) is 3.82. The normalized spacial score (nSPS) is 20.7. The molecule has 0 radical (unpaired) electrons. The molecule has 1 N–H and O–H groups in total. The Labute approximate surface area is 87.7 Å². The van der Waals surface area contributed by atoms with E-state index in [4.69, 9.17) is 9.84 Å². The zero-order chi connectivity index (χ0) is 10.8. The van der Waals surface area contributed by atoms with Crippen LogP contribution >= 0.6 is 0 Å². The lowest BCUT2D eigenvalue weighted by Gasteiger charge is -2.10. The van der Waals surface area contributed by atoms with Gasteiger partial charge in [0.2, 0.25) is 0 Å². The summed E-state index contributed by atoms with van der Waals surface area (Å²) in [6, 6.07) is 0. The van der Waals surface area contributed by atoms with Crippen molar-refractivity contribution in [2.45, 2.75) is 25.4 Å². The highest BCUT2D eigenvalue weighted by Crippen LogP contribution is 2.28. The second-order valence-electron chi connectivity index (χ2n) is 3.73. The summed E-state index contributed by atoms with van der Waals surface area (Å²) in [5.74, 6) is -0.282. The van der Waals surface area contributed by atoms with Crippen LogP contribution in [0.25, 0.3) is 0 Å². The van der Waals surface area contributed by atoms with Gasteiger partial charge in [0.25, 0.3) is 0 Å². The van der Waals surface area contributed by atoms with Gasteiger partial charge in [-0.15, -0.1) is 0 Å². The molecular weight excluding hydrogens is 196 g/mol. The molecule has 1 aromatic rings. The van der Waals surface area contributed by atoms with Gasteiger partial charge in [-0.25, -0.2) is 4.98 Å². The molecular formula is C10H14N2O3. The third-order valence-corrected chi connectivity index (χ3v) is 2.69. The molecule has 0 saturated carbocycles. The minimum atomic E-state index is -0.859. The van der Waals surface area contributed by atoms with E-state index in [0.29, 0.717) is 5.82 Å². The largest absolute Gasteiger partial charge is 0.481 e. The van der Waals surface area contributed by atoms with Gasteiger partial charge in [-0.1, -0.05) is 0 Å². The monoisotopic (exact) mass is 210 g/mol. The molecule has 0 spiro atoms. The standard InChI is InChI=1S/C10H14N2O3/c1-12-7(8-3-2-4-15-8)6-11-9(12)5-10(13)14/h6,8H,2-5H2,1H3,(H,13,14). The summed E-state index contributed by atoms with van der Waals surface area (Å²) in [5, 5.41) is 8.68. The Morgan fingerprint density at radius 3 is 3.20 bits per heavy atom. The highest BCUT2D eigenvalue weighted by Gasteiger charge is 2.22. The Bertz CT molecular complexity index is 367. The molecule has 1 saturated heterocycles. The van der Waals surface area contributed by atoms with Gasteiger partial charge < -0.3 is 14.4 Å². The lowest BCUT2D eigenvalue weighted by atomic mass is 10.2. The molecule has 1 aliphatic rings. The number of carboxylic acids is 1. The molecule has 2 rings (SSSR count). The van der Waals surface area contributed by atoms with Crippen LogP contribution in [0, 0.1) is 0 Å². The summed E-state index contributed by atoms with van der Waals surface area (Å²) in [6.45, 7) is 0.782. The van der Waals surface area contributed by atoms with Crippen molar-refractivity contribution in [1.29, 1.82) is 0 Å². The van der Waals surface area contributed by atoms with Crippen LogP contribution in [-0.2, 0) is 23.0 Å². The number of ether oxygens (including phenoxy) is 1. The summed E-state index contributed by atoms with van der Waals surface area (Å²) < 4.78 is 7.35. The molecule has 82 valence electrons. The van der Waals surface area contributed by atoms with E-state index in [-0.39, 0.29) is 12.5 Å². The predicted octanol–water partition coefficient (Wildman–Crippen LogP) is 0.899. The van der Waals surface area contributed by atoms with Crippen LogP contribution < -0.4 is 0 Å². The fourth-order valence-electron chi connectivity index (χ4n) is 1.87. The molecule has 0 aliphatic carbocycles. The average Bonchev–Trinajstić information content (AvgIpc) is 2.76. The number of hydrogen-bond donors (Lipinski definition) is 1. The van der Waals surface area contributed by atoms with Crippen molar-refractivity contribution >= 4 is 5.97 Å². The molecule has 1 atom stereocenters. The van der Waals surface area contributed by atoms with Gasteiger partial charge >= 0.3 is 5.97 Å². The van der Waals surface area contributed by atoms with E-state index in [9.17, 15) is 4.79 Å². The second-order valence-corrected chi connectivity index (χ2v) is 3.73. The lowest BCUT2D eigenvalue weighted by molar-refractivity contribution is -0.136. The van der Waals surface area contributed by atoms with Crippen LogP contribution in [0.15, 0.2) is 6.20 Å². The van der Waals surface area contributed by atoms with Gasteiger partial charge in [-0.3, -0.25) is 4.79 Å². The fraction of sp³-hybridized carbons (Fsp3) is 0.600. The highest BCUT2D eigenvalue weighted by molar-refractivity contribution is 5.69. The van der Waals surface area contributed by atoms with E-state index in [1.54, 1.807) is 6.20 Å². The number of nitrogens with zero attached hydrogens (tertiary/aromatic N) is 2. The number of imidazole rings is 1. The molecule has 5 heteroatoms. The number of aromatic nitrogens is 2. The van der Waals surface area contributed by atoms with Crippen molar-refractivity contribution in [2.24, 2.45) is 7.05 Å². The zero-order valence-corrected chi connectivity index (χ0v) is 8.64. The van der Waals surface area contributed by atoms with Crippen LogP contribution in [0.3, 0.4) is 0 Å². The van der Waals surface area contributed by atoms with Crippen LogP contribution in [-0.4, -0.2) is 27.2 Å². The third kappa shape index (κ3) is 2.02. The first-order chi connectivity index (χ1) is 7.18. The molecule has 1 unspecified atom stereocenters. The van der Waals surface area contributed by atoms with Crippen molar-refractivity contribution in [3.05, 3.63) is 17.7 Å². The Balaban J connectivity index is 2.18. The van der Waals surface area contributed by atoms with E-state index in [0.717, 1.165) is 25.1 Å². The molecule has 1 aromatic heterocycles. The minimum Gasteiger partial charge on any atom is -0.481 e. The summed E-state index contributed by atoms with van der Waals surface area (Å²) in [7, 11) is 1.84. The van der Waals surface area contributed by atoms with Crippen LogP contribution in [0.5, 0.6) is 0 Å². The van der Waals surface area contributed by atoms with Crippen molar-refractivity contribution in [3.8, 4) is 0 Å². The maximum absolute atomic E-state index is 10.6. The van der Waals surface area contributed by atoms with Crippen molar-refractivity contribution in [2.75, 3.05) is 6.61 Å². The first kappa shape index (κ1) is 10.2. The fourth-order valence-corrected chi connectivity index (χ4v) is 1.87. The van der Waals surface area contributed by atoms with E-state index < -0.39 is 5.97 Å². The van der Waals surface area contributed by atoms with Gasteiger partial charge in [0.05, 0.1) is 18.0 Å². The van der Waals surface area contributed by atoms with E-state index in [2.05, 4.69) is 4.98 Å². The molecule has 0 amide bonds. The van der Waals surface area contributed by atoms with Crippen molar-refractivity contribution in [3.63, 3.8) is 0 Å². The Hall–Kier alpha value is -1.36. The molecule has 15 heavy (non-hydrogen) atoms. The second kappa shape index (κ2) is 4.02. The Morgan fingerprint density at radius 2 is 2.60 bits per heavy atom. The summed E-state index contributed by atoms with van der Waals surface area (Å²) in [4.78, 5) is 14.7. The smallest absolute Gasteiger partial charge is 0.311 e. The van der Waals surface area contributed by atoms with Crippen LogP contribution in [0.4, 0.5) is 0 Å². The zero-order valence-electron chi connectivity index (χ0n) is 8.64. The molecule has 0 bridgehead atoms. The molecule has 1 fully saturated rings. The van der Waals surface area contributed by atoms with Gasteiger partial charge in [-0.2, -0.15) is 0 Å². The SMILES string of the molecule is Cn1c(C2CCCO2)cnc1CC(=O)O. The topological polar surface area (TPSA) is 64.4 Å². The Kier molecular flexibility index (Phi) is 2.73. The van der Waals surface area contributed by atoms with Crippen LogP contribution in [0.1, 0.15) is 30.5 Å². The maximum atomic E-state index is 10.6. The quantitative estimate of drug-likeness (QED) is 0.805. The number of aliphatic carboxylic acids is 1. The third-order valence-electron chi connectivity index (χ3n) is 2.69. The van der Waals surface area contributed by atoms with Gasteiger partial charge in [0.15, 0.2) is 0 Å². The molecule has 1 aliphatic heterocycles. The number of carboxylic acid groups (broad SMARTS) is 1. The van der Waals surface area contributed by atoms with Gasteiger partial charge in [0.1, 0.15) is 12.2 Å². The number of hydrogen-bond acceptors (Lipinski definition) is 3. The maximum Gasteiger partial charge on any atom is 0.311 e. The van der Waals surface area contributed by atoms with Gasteiger partial charge in [-0.05, 0) is 12.8 Å². The average molecular weight is 210 g/mol. The summed E-state index contributed by atoms with van der Waals surface area (Å²) in [5.41, 5.74) is 0.976. The molecule has 2 heterocycles. The van der Waals surface area contributed by atoms with Gasteiger partial charge in [0, 0.05) is 13.7 Å².